The number of alkyl carbamates (subject to hydrolysis) is 1. The summed E-state index contributed by atoms with van der Waals surface area (Å²) in [4.78, 5) is 41.9. The number of ether oxygens (including phenoxy) is 1. The van der Waals surface area contributed by atoms with Crippen LogP contribution in [0.1, 0.15) is 92.3 Å². The number of aryl methyl sites for hydroxylation is 1. The molecule has 0 radical (unpaired) electrons. The Kier molecular flexibility index (Phi) is 11.8. The van der Waals surface area contributed by atoms with E-state index in [-0.39, 0.29) is 23.6 Å². The van der Waals surface area contributed by atoms with Gasteiger partial charge < -0.3 is 20.3 Å². The van der Waals surface area contributed by atoms with Crippen molar-refractivity contribution in [1.82, 2.24) is 15.5 Å². The van der Waals surface area contributed by atoms with Gasteiger partial charge in [-0.3, -0.25) is 9.59 Å². The minimum Gasteiger partial charge on any atom is -0.444 e. The van der Waals surface area contributed by atoms with Crippen molar-refractivity contribution in [3.8, 4) is 0 Å². The van der Waals surface area contributed by atoms with Gasteiger partial charge in [0.2, 0.25) is 11.8 Å². The van der Waals surface area contributed by atoms with Crippen LogP contribution in [0.3, 0.4) is 0 Å². The minimum atomic E-state index is -0.958. The second-order valence-corrected chi connectivity index (χ2v) is 12.4. The van der Waals surface area contributed by atoms with Gasteiger partial charge in [-0.2, -0.15) is 12.6 Å². The number of carbonyl (C=O) groups excluding carboxylic acids is 3. The Morgan fingerprint density at radius 2 is 1.53 bits per heavy atom. The van der Waals surface area contributed by atoms with Crippen LogP contribution in [0.25, 0.3) is 0 Å². The van der Waals surface area contributed by atoms with Crippen LogP contribution < -0.4 is 10.6 Å². The van der Waals surface area contributed by atoms with Crippen molar-refractivity contribution in [2.24, 2.45) is 5.92 Å². The molecule has 3 atom stereocenters. The van der Waals surface area contributed by atoms with E-state index in [0.29, 0.717) is 17.9 Å². The number of carbonyl (C=O) groups is 3. The highest BCUT2D eigenvalue weighted by Crippen LogP contribution is 2.28. The zero-order valence-electron chi connectivity index (χ0n) is 23.8. The minimum absolute atomic E-state index is 0.0625. The zero-order chi connectivity index (χ0) is 27.8. The fraction of sp³-hybridized carbons (Fsp3) is 0.679. The van der Waals surface area contributed by atoms with Gasteiger partial charge in [0.15, 0.2) is 0 Å². The van der Waals surface area contributed by atoms with Crippen LogP contribution in [0.4, 0.5) is 4.79 Å². The van der Waals surface area contributed by atoms with Crippen molar-refractivity contribution in [3.63, 3.8) is 0 Å². The normalized spacial score (nSPS) is 14.6. The molecular formula is C28H47N3O4S. The maximum Gasteiger partial charge on any atom is 0.408 e. The Morgan fingerprint density at radius 1 is 0.972 bits per heavy atom. The lowest BCUT2D eigenvalue weighted by Gasteiger charge is -2.39. The Morgan fingerprint density at radius 3 is 1.97 bits per heavy atom. The molecule has 204 valence electrons. The summed E-state index contributed by atoms with van der Waals surface area (Å²) in [6.45, 7) is 19.2. The molecule has 0 aliphatic rings. The predicted molar refractivity (Wildman–Crippen MR) is 149 cm³/mol. The summed E-state index contributed by atoms with van der Waals surface area (Å²) in [5.41, 5.74) is 0.560. The number of nitrogens with zero attached hydrogens (tertiary/aromatic N) is 1. The number of hydrogen-bond donors (Lipinski definition) is 3. The predicted octanol–water partition coefficient (Wildman–Crippen LogP) is 5.43. The third kappa shape index (κ3) is 10.8. The molecule has 1 aromatic rings. The Labute approximate surface area is 223 Å². The summed E-state index contributed by atoms with van der Waals surface area (Å²) in [5, 5.41) is 5.72. The van der Waals surface area contributed by atoms with Gasteiger partial charge in [-0.05, 0) is 79.7 Å². The second kappa shape index (κ2) is 13.4. The molecule has 3 unspecified atom stereocenters. The van der Waals surface area contributed by atoms with Crippen molar-refractivity contribution in [3.05, 3.63) is 35.4 Å². The van der Waals surface area contributed by atoms with Crippen molar-refractivity contribution in [2.75, 3.05) is 5.75 Å². The largest absolute Gasteiger partial charge is 0.444 e. The molecule has 0 saturated carbocycles. The van der Waals surface area contributed by atoms with Crippen molar-refractivity contribution in [1.29, 1.82) is 0 Å². The van der Waals surface area contributed by atoms with Crippen LogP contribution in [0.15, 0.2) is 24.3 Å². The lowest BCUT2D eigenvalue weighted by atomic mass is 9.96. The molecule has 0 aliphatic heterocycles. The maximum atomic E-state index is 14.0. The molecule has 0 aliphatic carbocycles. The van der Waals surface area contributed by atoms with Crippen LogP contribution in [0.5, 0.6) is 0 Å². The highest BCUT2D eigenvalue weighted by atomic mass is 32.1. The molecule has 0 fully saturated rings. The van der Waals surface area contributed by atoms with Crippen LogP contribution >= 0.6 is 12.6 Å². The summed E-state index contributed by atoms with van der Waals surface area (Å²) in [6.07, 6.45) is 0.897. The third-order valence-electron chi connectivity index (χ3n) is 5.48. The van der Waals surface area contributed by atoms with E-state index < -0.39 is 29.3 Å². The summed E-state index contributed by atoms with van der Waals surface area (Å²) in [6, 6.07) is 5.54. The van der Waals surface area contributed by atoms with Gasteiger partial charge in [0, 0.05) is 17.3 Å². The van der Waals surface area contributed by atoms with Crippen LogP contribution in [0, 0.1) is 12.8 Å². The molecule has 0 heterocycles. The van der Waals surface area contributed by atoms with Gasteiger partial charge in [-0.1, -0.05) is 43.7 Å². The molecule has 0 saturated heterocycles. The molecule has 8 heteroatoms. The number of nitrogens with one attached hydrogen (secondary N) is 2. The monoisotopic (exact) mass is 521 g/mol. The van der Waals surface area contributed by atoms with E-state index in [2.05, 4.69) is 37.1 Å². The van der Waals surface area contributed by atoms with Crippen LogP contribution in [-0.2, 0) is 14.3 Å². The fourth-order valence-electron chi connectivity index (χ4n) is 3.75. The lowest BCUT2D eigenvalue weighted by Crippen LogP contribution is -2.57. The standard InChI is InChI=1S/C28H47N3O4S/c1-18(2)11-14-20(4)31(25(33)22(17-36)29-26(34)35-28(8,9)10)23(24(32)30-27(5,6)7)21-15-12-19(3)13-16-21/h12-13,15-16,18,20,22-23,36H,11,14,17H2,1-10H3,(H,29,34)(H,30,32). The molecule has 0 spiro atoms. The summed E-state index contributed by atoms with van der Waals surface area (Å²) in [5.74, 6) is -0.147. The van der Waals surface area contributed by atoms with E-state index in [9.17, 15) is 14.4 Å². The molecular weight excluding hydrogens is 474 g/mol. The van der Waals surface area contributed by atoms with E-state index >= 15 is 0 Å². The molecule has 1 rings (SSSR count). The molecule has 2 N–H and O–H groups in total. The van der Waals surface area contributed by atoms with Gasteiger partial charge in [-0.15, -0.1) is 0 Å². The zero-order valence-corrected chi connectivity index (χ0v) is 24.7. The number of amides is 3. The van der Waals surface area contributed by atoms with E-state index in [0.717, 1.165) is 12.0 Å². The summed E-state index contributed by atoms with van der Waals surface area (Å²) >= 11 is 4.36. The first-order valence-electron chi connectivity index (χ1n) is 12.8. The van der Waals surface area contributed by atoms with E-state index in [4.69, 9.17) is 4.74 Å². The van der Waals surface area contributed by atoms with Gasteiger partial charge >= 0.3 is 6.09 Å². The highest BCUT2D eigenvalue weighted by molar-refractivity contribution is 7.80. The topological polar surface area (TPSA) is 87.7 Å². The summed E-state index contributed by atoms with van der Waals surface area (Å²) in [7, 11) is 0. The SMILES string of the molecule is Cc1ccc(C(C(=O)NC(C)(C)C)N(C(=O)C(CS)NC(=O)OC(C)(C)C)C(C)CCC(C)C)cc1. The number of hydrogen-bond acceptors (Lipinski definition) is 5. The van der Waals surface area contributed by atoms with E-state index in [1.165, 1.54) is 0 Å². The molecule has 7 nitrogen and oxygen atoms in total. The third-order valence-corrected chi connectivity index (χ3v) is 5.85. The summed E-state index contributed by atoms with van der Waals surface area (Å²) < 4.78 is 5.38. The average molecular weight is 522 g/mol. The lowest BCUT2D eigenvalue weighted by molar-refractivity contribution is -0.145. The first-order valence-corrected chi connectivity index (χ1v) is 13.4. The average Bonchev–Trinajstić information content (AvgIpc) is 2.71. The van der Waals surface area contributed by atoms with Gasteiger partial charge in [0.25, 0.3) is 0 Å². The first-order chi connectivity index (χ1) is 16.4. The molecule has 1 aromatic carbocycles. The molecule has 36 heavy (non-hydrogen) atoms. The van der Waals surface area contributed by atoms with Crippen LogP contribution in [0.2, 0.25) is 0 Å². The van der Waals surface area contributed by atoms with Crippen molar-refractivity contribution < 1.29 is 19.1 Å². The Balaban J connectivity index is 3.53. The van der Waals surface area contributed by atoms with Crippen molar-refractivity contribution >= 4 is 30.5 Å². The smallest absolute Gasteiger partial charge is 0.408 e. The Bertz CT molecular complexity index is 872. The van der Waals surface area contributed by atoms with Crippen LogP contribution in [-0.4, -0.2) is 51.8 Å². The second-order valence-electron chi connectivity index (χ2n) is 12.0. The number of rotatable bonds is 10. The van der Waals surface area contributed by atoms with Gasteiger partial charge in [0.1, 0.15) is 17.7 Å². The number of thiol groups is 1. The van der Waals surface area contributed by atoms with E-state index in [1.807, 2.05) is 58.9 Å². The first kappa shape index (κ1) is 31.8. The number of benzene rings is 1. The quantitative estimate of drug-likeness (QED) is 0.359. The van der Waals surface area contributed by atoms with Gasteiger partial charge in [0.05, 0.1) is 0 Å². The molecule has 0 aromatic heterocycles. The van der Waals surface area contributed by atoms with Gasteiger partial charge in [-0.25, -0.2) is 4.79 Å². The Hall–Kier alpha value is -2.22. The molecule has 0 bridgehead atoms. The molecule has 3 amide bonds. The highest BCUT2D eigenvalue weighted by Gasteiger charge is 2.39. The maximum absolute atomic E-state index is 14.0. The van der Waals surface area contributed by atoms with E-state index in [1.54, 1.807) is 25.7 Å². The van der Waals surface area contributed by atoms with Crippen molar-refractivity contribution in [2.45, 2.75) is 111 Å². The fourth-order valence-corrected chi connectivity index (χ4v) is 4.00.